The first kappa shape index (κ1) is 24.5. The van der Waals surface area contributed by atoms with Crippen LogP contribution in [0.25, 0.3) is 0 Å². The summed E-state index contributed by atoms with van der Waals surface area (Å²) >= 11 is 1.57. The van der Waals surface area contributed by atoms with Crippen LogP contribution in [0.3, 0.4) is 0 Å². The van der Waals surface area contributed by atoms with Crippen LogP contribution >= 0.6 is 11.3 Å². The van der Waals surface area contributed by atoms with Gasteiger partial charge in [-0.2, -0.15) is 0 Å². The van der Waals surface area contributed by atoms with Gasteiger partial charge in [0.25, 0.3) is 5.91 Å². The summed E-state index contributed by atoms with van der Waals surface area (Å²) in [5.74, 6) is 1.10. The summed E-state index contributed by atoms with van der Waals surface area (Å²) < 4.78 is 5.14. The molecule has 1 N–H and O–H groups in total. The van der Waals surface area contributed by atoms with Gasteiger partial charge >= 0.3 is 6.09 Å². The van der Waals surface area contributed by atoms with Gasteiger partial charge in [0.2, 0.25) is 0 Å². The van der Waals surface area contributed by atoms with E-state index in [0.717, 1.165) is 42.0 Å². The Morgan fingerprint density at radius 2 is 1.82 bits per heavy atom. The quantitative estimate of drug-likeness (QED) is 0.617. The number of nitrogens with one attached hydrogen (secondary N) is 1. The molecule has 1 saturated heterocycles. The van der Waals surface area contributed by atoms with E-state index in [9.17, 15) is 9.59 Å². The highest BCUT2D eigenvalue weighted by Crippen LogP contribution is 2.31. The third-order valence-corrected chi connectivity index (χ3v) is 7.80. The normalized spacial score (nSPS) is 17.8. The lowest BCUT2D eigenvalue weighted by Crippen LogP contribution is -2.39. The number of nitrogens with zero attached hydrogens (tertiary/aromatic N) is 3. The average Bonchev–Trinajstić information content (AvgIpc) is 3.38. The Labute approximate surface area is 205 Å². The zero-order valence-electron chi connectivity index (χ0n) is 20.0. The maximum Gasteiger partial charge on any atom is 0.426 e. The predicted octanol–water partition coefficient (Wildman–Crippen LogP) is 4.58. The van der Waals surface area contributed by atoms with Crippen LogP contribution in [0.4, 0.5) is 4.79 Å². The number of hydrogen-bond donors (Lipinski definition) is 1. The molecule has 0 unspecified atom stereocenters. The number of carbonyl (C=O) groups excluding carboxylic acids is 2. The SMILES string of the molecule is COc1ccc(CNC(=O)ON2CCC(c3nc(C(=O)N(C)C4CCCCC4)cs3)CC2)cc1. The highest BCUT2D eigenvalue weighted by atomic mass is 32.1. The molecule has 2 fully saturated rings. The lowest BCUT2D eigenvalue weighted by Gasteiger charge is -2.30. The molecule has 1 saturated carbocycles. The summed E-state index contributed by atoms with van der Waals surface area (Å²) in [6.07, 6.45) is 7.07. The highest BCUT2D eigenvalue weighted by molar-refractivity contribution is 7.09. The van der Waals surface area contributed by atoms with Crippen molar-refractivity contribution >= 4 is 23.3 Å². The Morgan fingerprint density at radius 1 is 1.12 bits per heavy atom. The van der Waals surface area contributed by atoms with Crippen LogP contribution in [0.15, 0.2) is 29.6 Å². The molecule has 9 heteroatoms. The van der Waals surface area contributed by atoms with Crippen LogP contribution in [-0.4, -0.2) is 60.2 Å². The number of hydroxylamine groups is 2. The average molecular weight is 487 g/mol. The Bertz CT molecular complexity index is 950. The zero-order chi connectivity index (χ0) is 23.9. The number of methoxy groups -OCH3 is 1. The lowest BCUT2D eigenvalue weighted by atomic mass is 9.94. The van der Waals surface area contributed by atoms with Gasteiger partial charge in [0.1, 0.15) is 11.4 Å². The number of carbonyl (C=O) groups is 2. The van der Waals surface area contributed by atoms with E-state index in [1.165, 1.54) is 19.3 Å². The van der Waals surface area contributed by atoms with Crippen LogP contribution in [0, 0.1) is 0 Å². The maximum atomic E-state index is 12.9. The molecule has 8 nitrogen and oxygen atoms in total. The molecule has 0 radical (unpaired) electrons. The minimum Gasteiger partial charge on any atom is -0.497 e. The molecule has 2 aliphatic rings. The molecule has 2 aromatic rings. The lowest BCUT2D eigenvalue weighted by molar-refractivity contribution is -0.113. The van der Waals surface area contributed by atoms with Gasteiger partial charge in [-0.1, -0.05) is 31.4 Å². The van der Waals surface area contributed by atoms with Crippen molar-refractivity contribution in [3.63, 3.8) is 0 Å². The van der Waals surface area contributed by atoms with Crippen LogP contribution in [-0.2, 0) is 11.4 Å². The maximum absolute atomic E-state index is 12.9. The summed E-state index contributed by atoms with van der Waals surface area (Å²) in [7, 11) is 3.53. The minimum absolute atomic E-state index is 0.0312. The van der Waals surface area contributed by atoms with Crippen molar-refractivity contribution in [2.75, 3.05) is 27.2 Å². The van der Waals surface area contributed by atoms with E-state index in [1.54, 1.807) is 23.5 Å². The molecule has 2 heterocycles. The molecule has 184 valence electrons. The molecule has 1 aliphatic carbocycles. The number of amides is 2. The van der Waals surface area contributed by atoms with Gasteiger partial charge < -0.3 is 19.8 Å². The molecule has 1 aromatic carbocycles. The summed E-state index contributed by atoms with van der Waals surface area (Å²) in [5, 5.41) is 7.39. The van der Waals surface area contributed by atoms with E-state index in [-0.39, 0.29) is 11.8 Å². The monoisotopic (exact) mass is 486 g/mol. The Balaban J connectivity index is 1.21. The van der Waals surface area contributed by atoms with Crippen molar-refractivity contribution in [2.45, 2.75) is 63.5 Å². The van der Waals surface area contributed by atoms with Gasteiger partial charge in [0.05, 0.1) is 12.1 Å². The van der Waals surface area contributed by atoms with Gasteiger partial charge in [0, 0.05) is 44.0 Å². The van der Waals surface area contributed by atoms with E-state index in [4.69, 9.17) is 14.6 Å². The van der Waals surface area contributed by atoms with E-state index in [2.05, 4.69) is 5.32 Å². The first-order chi connectivity index (χ1) is 16.5. The molecule has 0 atom stereocenters. The molecular weight excluding hydrogens is 452 g/mol. The minimum atomic E-state index is -0.456. The van der Waals surface area contributed by atoms with Gasteiger partial charge in [-0.15, -0.1) is 16.4 Å². The van der Waals surface area contributed by atoms with E-state index >= 15 is 0 Å². The predicted molar refractivity (Wildman–Crippen MR) is 131 cm³/mol. The number of thiazole rings is 1. The smallest absolute Gasteiger partial charge is 0.426 e. The number of piperidine rings is 1. The standard InChI is InChI=1S/C25H34N4O4S/c1-28(20-6-4-3-5-7-20)24(30)22-17-34-23(27-22)19-12-14-29(15-13-19)33-25(31)26-16-18-8-10-21(32-2)11-9-18/h8-11,17,19-20H,3-7,12-16H2,1-2H3,(H,26,31). The third kappa shape index (κ3) is 6.27. The summed E-state index contributed by atoms with van der Waals surface area (Å²) in [6, 6.07) is 7.87. The van der Waals surface area contributed by atoms with E-state index in [0.29, 0.717) is 31.4 Å². The molecular formula is C25H34N4O4S. The van der Waals surface area contributed by atoms with Gasteiger partial charge in [0.15, 0.2) is 0 Å². The molecule has 4 rings (SSSR count). The fourth-order valence-electron chi connectivity index (χ4n) is 4.65. The van der Waals surface area contributed by atoms with Gasteiger partial charge in [-0.3, -0.25) is 4.79 Å². The fourth-order valence-corrected chi connectivity index (χ4v) is 5.61. The number of hydrogen-bond acceptors (Lipinski definition) is 7. The third-order valence-electron chi connectivity index (χ3n) is 6.79. The largest absolute Gasteiger partial charge is 0.497 e. The van der Waals surface area contributed by atoms with Crippen LogP contribution in [0.1, 0.15) is 71.9 Å². The molecule has 1 aromatic heterocycles. The summed E-state index contributed by atoms with van der Waals surface area (Å²) in [5.41, 5.74) is 1.53. The molecule has 0 spiro atoms. The Kier molecular flexibility index (Phi) is 8.39. The van der Waals surface area contributed by atoms with Crippen molar-refractivity contribution < 1.29 is 19.2 Å². The van der Waals surface area contributed by atoms with Crippen molar-refractivity contribution in [3.8, 4) is 5.75 Å². The van der Waals surface area contributed by atoms with Gasteiger partial charge in [-0.25, -0.2) is 9.78 Å². The molecule has 1 aliphatic heterocycles. The second-order valence-electron chi connectivity index (χ2n) is 9.06. The van der Waals surface area contributed by atoms with Crippen molar-refractivity contribution in [1.82, 2.24) is 20.3 Å². The van der Waals surface area contributed by atoms with Crippen molar-refractivity contribution in [3.05, 3.63) is 45.9 Å². The van der Waals surface area contributed by atoms with E-state index in [1.807, 2.05) is 41.6 Å². The number of aromatic nitrogens is 1. The second-order valence-corrected chi connectivity index (χ2v) is 9.95. The number of rotatable bonds is 7. The second kappa shape index (κ2) is 11.7. The highest BCUT2D eigenvalue weighted by Gasteiger charge is 2.28. The van der Waals surface area contributed by atoms with Crippen LogP contribution in [0.2, 0.25) is 0 Å². The van der Waals surface area contributed by atoms with Gasteiger partial charge in [-0.05, 0) is 43.4 Å². The van der Waals surface area contributed by atoms with Crippen molar-refractivity contribution in [1.29, 1.82) is 0 Å². The zero-order valence-corrected chi connectivity index (χ0v) is 20.8. The summed E-state index contributed by atoms with van der Waals surface area (Å²) in [4.78, 5) is 37.1. The Morgan fingerprint density at radius 3 is 2.50 bits per heavy atom. The summed E-state index contributed by atoms with van der Waals surface area (Å²) in [6.45, 7) is 1.68. The number of ether oxygens (including phenoxy) is 1. The Hall–Kier alpha value is -2.65. The molecule has 2 amide bonds. The van der Waals surface area contributed by atoms with Crippen molar-refractivity contribution in [2.24, 2.45) is 0 Å². The molecule has 0 bridgehead atoms. The first-order valence-corrected chi connectivity index (χ1v) is 13.0. The topological polar surface area (TPSA) is 84.0 Å². The fraction of sp³-hybridized carbons (Fsp3) is 0.560. The molecule has 34 heavy (non-hydrogen) atoms. The van der Waals surface area contributed by atoms with Crippen LogP contribution < -0.4 is 10.1 Å². The van der Waals surface area contributed by atoms with E-state index < -0.39 is 6.09 Å². The van der Waals surface area contributed by atoms with Crippen LogP contribution in [0.5, 0.6) is 5.75 Å². The number of benzene rings is 1. The first-order valence-electron chi connectivity index (χ1n) is 12.1.